The molecule has 0 saturated carbocycles. The molecule has 0 fully saturated rings. The molecule has 15 heavy (non-hydrogen) atoms. The number of aromatic nitrogens is 2. The van der Waals surface area contributed by atoms with Gasteiger partial charge in [0.15, 0.2) is 0 Å². The minimum atomic E-state index is 0.899. The van der Waals surface area contributed by atoms with Crippen LogP contribution in [0.4, 0.5) is 0 Å². The van der Waals surface area contributed by atoms with Gasteiger partial charge in [0.2, 0.25) is 0 Å². The van der Waals surface area contributed by atoms with Gasteiger partial charge in [0, 0.05) is 18.8 Å². The summed E-state index contributed by atoms with van der Waals surface area (Å²) in [6, 6.07) is 6.07. The first kappa shape index (κ1) is 9.77. The summed E-state index contributed by atoms with van der Waals surface area (Å²) >= 11 is 0. The average molecular weight is 202 g/mol. The van der Waals surface area contributed by atoms with Crippen molar-refractivity contribution in [3.63, 3.8) is 0 Å². The van der Waals surface area contributed by atoms with E-state index < -0.39 is 0 Å². The molecule has 0 aliphatic rings. The maximum absolute atomic E-state index is 5.39. The topological polar surface area (TPSA) is 27.1 Å². The smallest absolute Gasteiger partial charge is 0.131 e. The van der Waals surface area contributed by atoms with Gasteiger partial charge in [-0.3, -0.25) is 0 Å². The predicted octanol–water partition coefficient (Wildman–Crippen LogP) is 2.40. The van der Waals surface area contributed by atoms with E-state index >= 15 is 0 Å². The summed E-state index contributed by atoms with van der Waals surface area (Å²) in [5.74, 6) is 0.899. The summed E-state index contributed by atoms with van der Waals surface area (Å²) in [6.07, 6.45) is 3.77. The van der Waals surface area contributed by atoms with Crippen LogP contribution in [-0.2, 0) is 7.05 Å². The lowest BCUT2D eigenvalue weighted by molar-refractivity contribution is 0.413. The minimum absolute atomic E-state index is 0.899. The number of ether oxygens (including phenoxy) is 1. The molecule has 78 valence electrons. The number of hydrogen-bond donors (Lipinski definition) is 0. The molecule has 0 saturated heterocycles. The molecular formula is C12H14N2O. The van der Waals surface area contributed by atoms with E-state index in [0.717, 1.165) is 22.6 Å². The third-order valence-electron chi connectivity index (χ3n) is 2.40. The lowest BCUT2D eigenvalue weighted by Gasteiger charge is -2.08. The fourth-order valence-electron chi connectivity index (χ4n) is 1.68. The van der Waals surface area contributed by atoms with Crippen LogP contribution in [0.15, 0.2) is 30.7 Å². The van der Waals surface area contributed by atoms with Gasteiger partial charge in [0.1, 0.15) is 5.75 Å². The van der Waals surface area contributed by atoms with Gasteiger partial charge < -0.3 is 9.30 Å². The van der Waals surface area contributed by atoms with Gasteiger partial charge in [-0.05, 0) is 18.6 Å². The number of para-hydroxylation sites is 1. The monoisotopic (exact) mass is 202 g/mol. The first-order valence-electron chi connectivity index (χ1n) is 4.84. The fourth-order valence-corrected chi connectivity index (χ4v) is 1.68. The van der Waals surface area contributed by atoms with Crippen LogP contribution in [0, 0.1) is 6.92 Å². The van der Waals surface area contributed by atoms with Crippen molar-refractivity contribution in [2.45, 2.75) is 6.92 Å². The van der Waals surface area contributed by atoms with Crippen LogP contribution >= 0.6 is 0 Å². The Morgan fingerprint density at radius 1 is 1.33 bits per heavy atom. The summed E-state index contributed by atoms with van der Waals surface area (Å²) in [6.45, 7) is 2.03. The quantitative estimate of drug-likeness (QED) is 0.747. The lowest BCUT2D eigenvalue weighted by Crippen LogP contribution is -1.91. The first-order valence-corrected chi connectivity index (χ1v) is 4.84. The first-order chi connectivity index (χ1) is 7.22. The van der Waals surface area contributed by atoms with Gasteiger partial charge in [0.05, 0.1) is 19.1 Å². The van der Waals surface area contributed by atoms with Crippen LogP contribution in [0.5, 0.6) is 5.75 Å². The number of methoxy groups -OCH3 is 1. The van der Waals surface area contributed by atoms with Crippen LogP contribution in [0.1, 0.15) is 5.56 Å². The predicted molar refractivity (Wildman–Crippen MR) is 59.9 cm³/mol. The molecule has 0 aliphatic carbocycles. The molecule has 1 aromatic heterocycles. The molecule has 2 rings (SSSR count). The maximum atomic E-state index is 5.39. The Morgan fingerprint density at radius 3 is 2.73 bits per heavy atom. The number of aryl methyl sites for hydroxylation is 2. The third-order valence-corrected chi connectivity index (χ3v) is 2.40. The highest BCUT2D eigenvalue weighted by Gasteiger charge is 2.09. The van der Waals surface area contributed by atoms with Gasteiger partial charge in [-0.2, -0.15) is 0 Å². The van der Waals surface area contributed by atoms with E-state index in [-0.39, 0.29) is 0 Å². The van der Waals surface area contributed by atoms with Gasteiger partial charge in [0.25, 0.3) is 0 Å². The van der Waals surface area contributed by atoms with Crippen LogP contribution in [0.3, 0.4) is 0 Å². The zero-order valence-corrected chi connectivity index (χ0v) is 9.19. The van der Waals surface area contributed by atoms with Crippen molar-refractivity contribution in [3.05, 3.63) is 36.3 Å². The number of rotatable bonds is 2. The number of hydrogen-bond acceptors (Lipinski definition) is 2. The summed E-state index contributed by atoms with van der Waals surface area (Å²) < 4.78 is 7.32. The van der Waals surface area contributed by atoms with Crippen molar-refractivity contribution in [2.75, 3.05) is 7.11 Å². The van der Waals surface area contributed by atoms with E-state index in [2.05, 4.69) is 4.98 Å². The Hall–Kier alpha value is -1.77. The summed E-state index contributed by atoms with van der Waals surface area (Å²) in [7, 11) is 3.65. The third kappa shape index (κ3) is 1.73. The molecule has 0 atom stereocenters. The zero-order valence-electron chi connectivity index (χ0n) is 9.19. The molecule has 1 aromatic carbocycles. The van der Waals surface area contributed by atoms with E-state index in [9.17, 15) is 0 Å². The van der Waals surface area contributed by atoms with Crippen LogP contribution < -0.4 is 4.74 Å². The van der Waals surface area contributed by atoms with Crippen LogP contribution in [-0.4, -0.2) is 16.7 Å². The zero-order chi connectivity index (χ0) is 10.8. The minimum Gasteiger partial charge on any atom is -0.496 e. The molecule has 0 unspecified atom stereocenters. The van der Waals surface area contributed by atoms with E-state index in [0.29, 0.717) is 0 Å². The molecule has 2 aromatic rings. The second kappa shape index (κ2) is 3.77. The summed E-state index contributed by atoms with van der Waals surface area (Å²) in [5.41, 5.74) is 3.11. The van der Waals surface area contributed by atoms with Gasteiger partial charge in [-0.15, -0.1) is 0 Å². The molecule has 3 heteroatoms. The molecule has 0 radical (unpaired) electrons. The lowest BCUT2D eigenvalue weighted by atomic mass is 10.1. The molecule has 0 bridgehead atoms. The van der Waals surface area contributed by atoms with E-state index in [4.69, 9.17) is 4.74 Å². The molecule has 0 amide bonds. The standard InChI is InChI=1S/C12H14N2O/c1-9-5-4-6-10(12(9)15-3)11-7-14(2)8-13-11/h4-8H,1-3H3. The van der Waals surface area contributed by atoms with E-state index in [1.807, 2.05) is 42.9 Å². The van der Waals surface area contributed by atoms with Crippen molar-refractivity contribution in [1.29, 1.82) is 0 Å². The van der Waals surface area contributed by atoms with Crippen molar-refractivity contribution in [1.82, 2.24) is 9.55 Å². The molecule has 1 heterocycles. The average Bonchev–Trinajstić information content (AvgIpc) is 2.64. The normalized spacial score (nSPS) is 10.3. The Labute approximate surface area is 89.3 Å². The Morgan fingerprint density at radius 2 is 2.13 bits per heavy atom. The van der Waals surface area contributed by atoms with Gasteiger partial charge in [-0.25, -0.2) is 4.98 Å². The Bertz CT molecular complexity index is 474. The van der Waals surface area contributed by atoms with E-state index in [1.54, 1.807) is 13.4 Å². The van der Waals surface area contributed by atoms with Crippen molar-refractivity contribution in [2.24, 2.45) is 7.05 Å². The Kier molecular flexibility index (Phi) is 2.46. The summed E-state index contributed by atoms with van der Waals surface area (Å²) in [5, 5.41) is 0. The largest absolute Gasteiger partial charge is 0.496 e. The SMILES string of the molecule is COc1c(C)cccc1-c1cn(C)cn1. The van der Waals surface area contributed by atoms with Crippen molar-refractivity contribution < 1.29 is 4.74 Å². The maximum Gasteiger partial charge on any atom is 0.131 e. The number of imidazole rings is 1. The van der Waals surface area contributed by atoms with Gasteiger partial charge in [-0.1, -0.05) is 12.1 Å². The molecule has 0 spiro atoms. The Balaban J connectivity index is 2.57. The van der Waals surface area contributed by atoms with Crippen molar-refractivity contribution in [3.8, 4) is 17.0 Å². The second-order valence-corrected chi connectivity index (χ2v) is 3.58. The van der Waals surface area contributed by atoms with Gasteiger partial charge >= 0.3 is 0 Å². The molecule has 3 nitrogen and oxygen atoms in total. The molecule has 0 N–H and O–H groups in total. The fraction of sp³-hybridized carbons (Fsp3) is 0.250. The second-order valence-electron chi connectivity index (χ2n) is 3.58. The highest BCUT2D eigenvalue weighted by molar-refractivity contribution is 5.68. The summed E-state index contributed by atoms with van der Waals surface area (Å²) in [4.78, 5) is 4.32. The number of nitrogens with zero attached hydrogens (tertiary/aromatic N) is 2. The highest BCUT2D eigenvalue weighted by atomic mass is 16.5. The van der Waals surface area contributed by atoms with Crippen LogP contribution in [0.2, 0.25) is 0 Å². The van der Waals surface area contributed by atoms with E-state index in [1.165, 1.54) is 0 Å². The van der Waals surface area contributed by atoms with Crippen molar-refractivity contribution >= 4 is 0 Å². The molecular weight excluding hydrogens is 188 g/mol. The molecule has 0 aliphatic heterocycles. The number of benzene rings is 1. The van der Waals surface area contributed by atoms with Crippen LogP contribution in [0.25, 0.3) is 11.3 Å². The highest BCUT2D eigenvalue weighted by Crippen LogP contribution is 2.31.